The van der Waals surface area contributed by atoms with E-state index in [1.54, 1.807) is 0 Å². The fraction of sp³-hybridized carbons (Fsp3) is 0.280. The minimum atomic E-state index is -4.99. The number of fused-ring (bicyclic) bond motifs is 1. The number of amides is 1. The molecule has 0 spiro atoms. The zero-order valence-corrected chi connectivity index (χ0v) is 19.5. The van der Waals surface area contributed by atoms with Gasteiger partial charge in [-0.1, -0.05) is 0 Å². The van der Waals surface area contributed by atoms with Crippen molar-refractivity contribution < 1.29 is 31.1 Å². The summed E-state index contributed by atoms with van der Waals surface area (Å²) in [7, 11) is 0. The third-order valence-electron chi connectivity index (χ3n) is 6.39. The predicted molar refractivity (Wildman–Crippen MR) is 126 cm³/mol. The molecule has 3 heterocycles. The number of halogens is 6. The number of alkyl halides is 3. The van der Waals surface area contributed by atoms with E-state index >= 15 is 0 Å². The van der Waals surface area contributed by atoms with E-state index in [0.29, 0.717) is 37.8 Å². The Balaban J connectivity index is 1.44. The lowest BCUT2D eigenvalue weighted by atomic mass is 9.90. The molecule has 38 heavy (non-hydrogen) atoms. The van der Waals surface area contributed by atoms with Gasteiger partial charge < -0.3 is 15.6 Å². The second-order valence-corrected chi connectivity index (χ2v) is 8.99. The van der Waals surface area contributed by atoms with Crippen molar-refractivity contribution in [1.82, 2.24) is 25.3 Å². The van der Waals surface area contributed by atoms with Crippen LogP contribution in [0.25, 0.3) is 22.2 Å². The fourth-order valence-corrected chi connectivity index (χ4v) is 4.68. The lowest BCUT2D eigenvalue weighted by molar-refractivity contribution is -0.137. The molecule has 2 atom stereocenters. The quantitative estimate of drug-likeness (QED) is 0.290. The first-order valence-corrected chi connectivity index (χ1v) is 11.7. The first kappa shape index (κ1) is 25.5. The van der Waals surface area contributed by atoms with Crippen LogP contribution >= 0.6 is 0 Å². The maximum atomic E-state index is 14.9. The van der Waals surface area contributed by atoms with Crippen LogP contribution in [0.4, 0.5) is 32.2 Å². The number of H-pyrrole nitrogens is 1. The average Bonchev–Trinajstić information content (AvgIpc) is 3.29. The van der Waals surface area contributed by atoms with E-state index in [1.807, 2.05) is 0 Å². The highest BCUT2D eigenvalue weighted by Crippen LogP contribution is 2.41. The van der Waals surface area contributed by atoms with Crippen LogP contribution in [0.3, 0.4) is 0 Å². The van der Waals surface area contributed by atoms with Crippen LogP contribution in [-0.2, 0) is 6.18 Å². The Morgan fingerprint density at radius 1 is 1.03 bits per heavy atom. The summed E-state index contributed by atoms with van der Waals surface area (Å²) in [5.74, 6) is -4.07. The molecule has 3 N–H and O–H groups in total. The molecule has 198 valence electrons. The van der Waals surface area contributed by atoms with Crippen LogP contribution in [0, 0.1) is 17.5 Å². The molecule has 1 aliphatic carbocycles. The summed E-state index contributed by atoms with van der Waals surface area (Å²) < 4.78 is 84.5. The summed E-state index contributed by atoms with van der Waals surface area (Å²) in [5.41, 5.74) is -2.37. The molecule has 1 aromatic carbocycles. The molecule has 0 radical (unpaired) electrons. The van der Waals surface area contributed by atoms with Gasteiger partial charge in [-0.3, -0.25) is 9.78 Å². The summed E-state index contributed by atoms with van der Waals surface area (Å²) >= 11 is 0. The molecule has 1 aliphatic rings. The zero-order valence-electron chi connectivity index (χ0n) is 19.5. The van der Waals surface area contributed by atoms with E-state index in [4.69, 9.17) is 0 Å². The van der Waals surface area contributed by atoms with Gasteiger partial charge in [0.1, 0.15) is 17.3 Å². The largest absolute Gasteiger partial charge is 0.418 e. The number of anilines is 1. The number of nitrogens with one attached hydrogen (secondary N) is 3. The molecule has 1 amide bonds. The number of pyridine rings is 1. The van der Waals surface area contributed by atoms with Crippen LogP contribution < -0.4 is 10.6 Å². The first-order chi connectivity index (χ1) is 18.1. The van der Waals surface area contributed by atoms with E-state index in [9.17, 15) is 31.1 Å². The standard InChI is InChI=1S/C25H20F6N6O/c26-12-6-15-16(10-34-22(15)18(27)7-12)21-17(25(29,30)31)9-19(28)23(37-21)35-13-2-1-3-14(8-13)36-24(38)20-11-32-4-5-33-20/h4-7,9-11,13-14,34H,1-3,8H2,(H,35,37)(H,36,38)/t13?,14-/m0/s1. The van der Waals surface area contributed by atoms with E-state index in [0.717, 1.165) is 12.3 Å². The van der Waals surface area contributed by atoms with Crippen molar-refractivity contribution in [3.8, 4) is 11.3 Å². The third-order valence-corrected chi connectivity index (χ3v) is 6.39. The Kier molecular flexibility index (Phi) is 6.67. The number of rotatable bonds is 5. The van der Waals surface area contributed by atoms with Gasteiger partial charge in [-0.15, -0.1) is 0 Å². The second kappa shape index (κ2) is 9.95. The predicted octanol–water partition coefficient (Wildman–Crippen LogP) is 5.61. The maximum Gasteiger partial charge on any atom is 0.418 e. The smallest absolute Gasteiger partial charge is 0.365 e. The molecule has 0 bridgehead atoms. The molecule has 0 saturated heterocycles. The van der Waals surface area contributed by atoms with Crippen molar-refractivity contribution in [2.45, 2.75) is 43.9 Å². The summed E-state index contributed by atoms with van der Waals surface area (Å²) in [6, 6.07) is 1.08. The Morgan fingerprint density at radius 2 is 1.82 bits per heavy atom. The van der Waals surface area contributed by atoms with Crippen molar-refractivity contribution in [2.75, 3.05) is 5.32 Å². The Hall–Kier alpha value is -4.16. The van der Waals surface area contributed by atoms with Crippen molar-refractivity contribution in [1.29, 1.82) is 0 Å². The number of aromatic amines is 1. The molecule has 1 unspecified atom stereocenters. The zero-order chi connectivity index (χ0) is 27.0. The Labute approximate surface area is 211 Å². The van der Waals surface area contributed by atoms with Gasteiger partial charge in [0.25, 0.3) is 5.91 Å². The number of carbonyl (C=O) groups is 1. The average molecular weight is 534 g/mol. The van der Waals surface area contributed by atoms with Gasteiger partial charge in [-0.25, -0.2) is 23.1 Å². The van der Waals surface area contributed by atoms with E-state index < -0.39 is 52.7 Å². The van der Waals surface area contributed by atoms with Crippen LogP contribution in [0.1, 0.15) is 41.7 Å². The Bertz CT molecular complexity index is 1490. The first-order valence-electron chi connectivity index (χ1n) is 11.7. The van der Waals surface area contributed by atoms with Gasteiger partial charge in [0.15, 0.2) is 11.6 Å². The van der Waals surface area contributed by atoms with Gasteiger partial charge in [-0.05, 0) is 37.8 Å². The summed E-state index contributed by atoms with van der Waals surface area (Å²) in [5, 5.41) is 5.53. The number of benzene rings is 1. The van der Waals surface area contributed by atoms with Crippen molar-refractivity contribution in [2.24, 2.45) is 0 Å². The highest BCUT2D eigenvalue weighted by atomic mass is 19.4. The van der Waals surface area contributed by atoms with E-state index in [1.165, 1.54) is 18.6 Å². The van der Waals surface area contributed by atoms with Gasteiger partial charge in [0, 0.05) is 47.7 Å². The molecule has 1 fully saturated rings. The molecular formula is C25H20F6N6O. The second-order valence-electron chi connectivity index (χ2n) is 8.99. The van der Waals surface area contributed by atoms with Crippen molar-refractivity contribution in [3.63, 3.8) is 0 Å². The molecular weight excluding hydrogens is 514 g/mol. The van der Waals surface area contributed by atoms with E-state index in [2.05, 4.69) is 30.6 Å². The Morgan fingerprint density at radius 3 is 2.55 bits per heavy atom. The van der Waals surface area contributed by atoms with Crippen LogP contribution in [0.2, 0.25) is 0 Å². The summed E-state index contributed by atoms with van der Waals surface area (Å²) in [6.45, 7) is 0. The number of nitrogens with zero attached hydrogens (tertiary/aromatic N) is 3. The normalized spacial score (nSPS) is 17.9. The SMILES string of the molecule is O=C(N[C@H]1CCCC(Nc2nc(-c3c[nH]c4c(F)cc(F)cc34)c(C(F)(F)F)cc2F)C1)c1cnccn1. The molecule has 5 rings (SSSR count). The van der Waals surface area contributed by atoms with E-state index in [-0.39, 0.29) is 28.2 Å². The summed E-state index contributed by atoms with van der Waals surface area (Å²) in [4.78, 5) is 26.7. The van der Waals surface area contributed by atoms with Crippen LogP contribution in [-0.4, -0.2) is 37.9 Å². The minimum Gasteiger partial charge on any atom is -0.365 e. The molecule has 13 heteroatoms. The molecule has 4 aromatic rings. The third kappa shape index (κ3) is 5.13. The molecule has 3 aromatic heterocycles. The van der Waals surface area contributed by atoms with Gasteiger partial charge in [0.05, 0.1) is 23.0 Å². The lowest BCUT2D eigenvalue weighted by Crippen LogP contribution is -2.42. The molecule has 7 nitrogen and oxygen atoms in total. The monoisotopic (exact) mass is 534 g/mol. The number of aromatic nitrogens is 4. The van der Waals surface area contributed by atoms with Gasteiger partial charge in [-0.2, -0.15) is 13.2 Å². The van der Waals surface area contributed by atoms with Crippen LogP contribution in [0.15, 0.2) is 43.0 Å². The number of hydrogen-bond donors (Lipinski definition) is 3. The summed E-state index contributed by atoms with van der Waals surface area (Å²) in [6.07, 6.45) is 2.42. The molecule has 0 aliphatic heterocycles. The minimum absolute atomic E-state index is 0.134. The van der Waals surface area contributed by atoms with Crippen molar-refractivity contribution >= 4 is 22.6 Å². The number of carbonyl (C=O) groups excluding carboxylic acids is 1. The van der Waals surface area contributed by atoms with Crippen LogP contribution in [0.5, 0.6) is 0 Å². The number of hydrogen-bond acceptors (Lipinski definition) is 5. The highest BCUT2D eigenvalue weighted by Gasteiger charge is 2.37. The van der Waals surface area contributed by atoms with Crippen molar-refractivity contribution in [3.05, 3.63) is 71.7 Å². The lowest BCUT2D eigenvalue weighted by Gasteiger charge is -2.31. The fourth-order valence-electron chi connectivity index (χ4n) is 4.68. The topological polar surface area (TPSA) is 95.6 Å². The maximum absolute atomic E-state index is 14.9. The highest BCUT2D eigenvalue weighted by molar-refractivity contribution is 5.96. The van der Waals surface area contributed by atoms with Gasteiger partial charge >= 0.3 is 6.18 Å². The van der Waals surface area contributed by atoms with Gasteiger partial charge in [0.2, 0.25) is 0 Å². The molecule has 1 saturated carbocycles.